The van der Waals surface area contributed by atoms with E-state index in [1.165, 1.54) is 16.5 Å². The van der Waals surface area contributed by atoms with Crippen molar-refractivity contribution in [3.63, 3.8) is 0 Å². The molecule has 1 heterocycles. The molecule has 0 unspecified atom stereocenters. The first kappa shape index (κ1) is 12.7. The minimum atomic E-state index is 0.504. The first-order valence-corrected chi connectivity index (χ1v) is 6.46. The van der Waals surface area contributed by atoms with Crippen molar-refractivity contribution in [2.45, 2.75) is 39.4 Å². The van der Waals surface area contributed by atoms with E-state index >= 15 is 0 Å². The molecule has 2 heteroatoms. The van der Waals surface area contributed by atoms with Gasteiger partial charge in [0.25, 0.3) is 0 Å². The van der Waals surface area contributed by atoms with Crippen LogP contribution in [0.15, 0.2) is 30.5 Å². The first-order valence-electron chi connectivity index (χ1n) is 6.46. The second-order valence-electron chi connectivity index (χ2n) is 4.85. The molecule has 0 aliphatic heterocycles. The van der Waals surface area contributed by atoms with E-state index in [4.69, 9.17) is 6.42 Å². The van der Waals surface area contributed by atoms with Crippen LogP contribution in [-0.2, 0) is 13.1 Å². The highest BCUT2D eigenvalue weighted by Crippen LogP contribution is 2.20. The summed E-state index contributed by atoms with van der Waals surface area (Å²) in [4.78, 5) is 0. The van der Waals surface area contributed by atoms with Crippen molar-refractivity contribution in [2.75, 3.05) is 0 Å². The van der Waals surface area contributed by atoms with Gasteiger partial charge in [0.15, 0.2) is 0 Å². The predicted molar refractivity (Wildman–Crippen MR) is 77.4 cm³/mol. The van der Waals surface area contributed by atoms with Gasteiger partial charge in [0, 0.05) is 42.7 Å². The number of fused-ring (bicyclic) bond motifs is 1. The van der Waals surface area contributed by atoms with E-state index in [-0.39, 0.29) is 0 Å². The van der Waals surface area contributed by atoms with Gasteiger partial charge < -0.3 is 9.88 Å². The molecule has 2 aromatic rings. The Morgan fingerprint density at radius 1 is 1.33 bits per heavy atom. The van der Waals surface area contributed by atoms with Crippen LogP contribution in [0.1, 0.15) is 25.8 Å². The third kappa shape index (κ3) is 2.75. The Morgan fingerprint density at radius 3 is 2.89 bits per heavy atom. The number of benzene rings is 1. The summed E-state index contributed by atoms with van der Waals surface area (Å²) in [6.45, 7) is 6.13. The van der Waals surface area contributed by atoms with Crippen LogP contribution in [0.25, 0.3) is 10.9 Å². The number of nitrogens with one attached hydrogen (secondary N) is 1. The summed E-state index contributed by atoms with van der Waals surface area (Å²) in [6.07, 6.45) is 8.23. The van der Waals surface area contributed by atoms with E-state index < -0.39 is 0 Å². The van der Waals surface area contributed by atoms with Gasteiger partial charge in [0.05, 0.1) is 0 Å². The van der Waals surface area contributed by atoms with Gasteiger partial charge in [-0.2, -0.15) is 0 Å². The van der Waals surface area contributed by atoms with Crippen LogP contribution in [0.5, 0.6) is 0 Å². The number of terminal acetylenes is 1. The number of rotatable bonds is 5. The van der Waals surface area contributed by atoms with Crippen molar-refractivity contribution in [1.29, 1.82) is 0 Å². The van der Waals surface area contributed by atoms with Crippen molar-refractivity contribution in [1.82, 2.24) is 9.88 Å². The summed E-state index contributed by atoms with van der Waals surface area (Å²) < 4.78 is 2.23. The standard InChI is InChI=1S/C16H20N2/c1-4-5-10-18-11-9-15-14(12-17-13(2)3)7-6-8-16(15)18/h1,6-9,11,13,17H,5,10,12H2,2-3H3. The van der Waals surface area contributed by atoms with Crippen LogP contribution < -0.4 is 5.32 Å². The minimum absolute atomic E-state index is 0.504. The average Bonchev–Trinajstić information content (AvgIpc) is 2.77. The average molecular weight is 240 g/mol. The maximum Gasteiger partial charge on any atom is 0.0483 e. The highest BCUT2D eigenvalue weighted by atomic mass is 14.9. The highest BCUT2D eigenvalue weighted by Gasteiger charge is 2.05. The first-order chi connectivity index (χ1) is 8.72. The second kappa shape index (κ2) is 5.75. The predicted octanol–water partition coefficient (Wildman–Crippen LogP) is 3.16. The van der Waals surface area contributed by atoms with Gasteiger partial charge in [-0.25, -0.2) is 0 Å². The molecule has 0 atom stereocenters. The molecular formula is C16H20N2. The zero-order valence-electron chi connectivity index (χ0n) is 11.1. The van der Waals surface area contributed by atoms with Gasteiger partial charge >= 0.3 is 0 Å². The summed E-state index contributed by atoms with van der Waals surface area (Å²) in [7, 11) is 0. The fourth-order valence-electron chi connectivity index (χ4n) is 2.14. The number of aromatic nitrogens is 1. The molecular weight excluding hydrogens is 220 g/mol. The van der Waals surface area contributed by atoms with E-state index in [0.29, 0.717) is 6.04 Å². The molecule has 1 aromatic heterocycles. The number of nitrogens with zero attached hydrogens (tertiary/aromatic N) is 1. The summed E-state index contributed by atoms with van der Waals surface area (Å²) in [5, 5.41) is 4.79. The fourth-order valence-corrected chi connectivity index (χ4v) is 2.14. The molecule has 94 valence electrons. The van der Waals surface area contributed by atoms with Crippen molar-refractivity contribution >= 4 is 10.9 Å². The van der Waals surface area contributed by atoms with Crippen molar-refractivity contribution < 1.29 is 0 Å². The molecule has 1 aromatic carbocycles. The van der Waals surface area contributed by atoms with Crippen LogP contribution in [0.2, 0.25) is 0 Å². The monoisotopic (exact) mass is 240 g/mol. The Hall–Kier alpha value is -1.72. The van der Waals surface area contributed by atoms with Crippen LogP contribution in [0.4, 0.5) is 0 Å². The maximum atomic E-state index is 5.33. The van der Waals surface area contributed by atoms with Crippen molar-refractivity contribution in [3.8, 4) is 12.3 Å². The highest BCUT2D eigenvalue weighted by molar-refractivity contribution is 5.83. The molecule has 0 spiro atoms. The zero-order valence-corrected chi connectivity index (χ0v) is 11.1. The van der Waals surface area contributed by atoms with Gasteiger partial charge in [-0.1, -0.05) is 26.0 Å². The van der Waals surface area contributed by atoms with Crippen molar-refractivity contribution in [3.05, 3.63) is 36.0 Å². The number of hydrogen-bond acceptors (Lipinski definition) is 1. The van der Waals surface area contributed by atoms with E-state index in [1.54, 1.807) is 0 Å². The molecule has 1 N–H and O–H groups in total. The Morgan fingerprint density at radius 2 is 2.17 bits per heavy atom. The zero-order chi connectivity index (χ0) is 13.0. The smallest absolute Gasteiger partial charge is 0.0483 e. The van der Waals surface area contributed by atoms with Crippen LogP contribution >= 0.6 is 0 Å². The third-order valence-electron chi connectivity index (χ3n) is 3.10. The Kier molecular flexibility index (Phi) is 4.07. The fraction of sp³-hybridized carbons (Fsp3) is 0.375. The lowest BCUT2D eigenvalue weighted by Crippen LogP contribution is -2.21. The van der Waals surface area contributed by atoms with Gasteiger partial charge in [0.2, 0.25) is 0 Å². The molecule has 0 aliphatic rings. The van der Waals surface area contributed by atoms with Gasteiger partial charge in [-0.15, -0.1) is 12.3 Å². The van der Waals surface area contributed by atoms with Crippen LogP contribution in [-0.4, -0.2) is 10.6 Å². The molecule has 2 rings (SSSR count). The Bertz CT molecular complexity index is 558. The normalized spacial score (nSPS) is 11.0. The molecule has 0 radical (unpaired) electrons. The maximum absolute atomic E-state index is 5.33. The topological polar surface area (TPSA) is 17.0 Å². The molecule has 0 fully saturated rings. The second-order valence-corrected chi connectivity index (χ2v) is 4.85. The lowest BCUT2D eigenvalue weighted by molar-refractivity contribution is 0.590. The SMILES string of the molecule is C#CCCn1ccc2c(CNC(C)C)cccc21. The number of aryl methyl sites for hydroxylation is 1. The molecule has 0 bridgehead atoms. The molecule has 0 amide bonds. The van der Waals surface area contributed by atoms with Gasteiger partial charge in [-0.3, -0.25) is 0 Å². The number of hydrogen-bond donors (Lipinski definition) is 1. The molecule has 2 nitrogen and oxygen atoms in total. The molecule has 18 heavy (non-hydrogen) atoms. The minimum Gasteiger partial charge on any atom is -0.347 e. The largest absolute Gasteiger partial charge is 0.347 e. The van der Waals surface area contributed by atoms with Crippen LogP contribution in [0.3, 0.4) is 0 Å². The van der Waals surface area contributed by atoms with Crippen molar-refractivity contribution in [2.24, 2.45) is 0 Å². The molecule has 0 saturated heterocycles. The summed E-state index contributed by atoms with van der Waals surface area (Å²) in [5.74, 6) is 2.69. The lowest BCUT2D eigenvalue weighted by atomic mass is 10.1. The van der Waals surface area contributed by atoms with E-state index in [9.17, 15) is 0 Å². The summed E-state index contributed by atoms with van der Waals surface area (Å²) >= 11 is 0. The van der Waals surface area contributed by atoms with Gasteiger partial charge in [0.1, 0.15) is 0 Å². The van der Waals surface area contributed by atoms with Gasteiger partial charge in [-0.05, 0) is 17.7 Å². The van der Waals surface area contributed by atoms with E-state index in [2.05, 4.69) is 60.1 Å². The lowest BCUT2D eigenvalue weighted by Gasteiger charge is -2.10. The quantitative estimate of drug-likeness (QED) is 0.794. The molecule has 0 saturated carbocycles. The van der Waals surface area contributed by atoms with Crippen LogP contribution in [0, 0.1) is 12.3 Å². The van der Waals surface area contributed by atoms with E-state index in [0.717, 1.165) is 19.5 Å². The summed E-state index contributed by atoms with van der Waals surface area (Å²) in [6, 6.07) is 9.15. The Labute approximate surface area is 109 Å². The summed E-state index contributed by atoms with van der Waals surface area (Å²) in [5.41, 5.74) is 2.62. The Balaban J connectivity index is 2.27. The molecule has 0 aliphatic carbocycles. The van der Waals surface area contributed by atoms with E-state index in [1.807, 2.05) is 0 Å². The third-order valence-corrected chi connectivity index (χ3v) is 3.10.